The summed E-state index contributed by atoms with van der Waals surface area (Å²) < 4.78 is 64.8. The van der Waals surface area contributed by atoms with Crippen LogP contribution in [-0.2, 0) is 16.2 Å². The minimum absolute atomic E-state index is 0.301. The fraction of sp³-hybridized carbons (Fsp3) is 0.500. The van der Waals surface area contributed by atoms with Gasteiger partial charge in [-0.1, -0.05) is 11.6 Å². The number of sulfonamides is 1. The molecule has 0 aliphatic carbocycles. The topological polar surface area (TPSA) is 41.8 Å². The molecule has 0 amide bonds. The van der Waals surface area contributed by atoms with Gasteiger partial charge in [-0.2, -0.15) is 17.5 Å². The van der Waals surface area contributed by atoms with Gasteiger partial charge >= 0.3 is 6.18 Å². The highest BCUT2D eigenvalue weighted by Gasteiger charge is 2.34. The molecule has 0 aromatic heterocycles. The second-order valence-corrected chi connectivity index (χ2v) is 8.10. The number of rotatable bonds is 4. The van der Waals surface area contributed by atoms with E-state index >= 15 is 0 Å². The van der Waals surface area contributed by atoms with Crippen LogP contribution in [0.15, 0.2) is 40.8 Å². The third-order valence-corrected chi connectivity index (χ3v) is 5.92. The van der Waals surface area contributed by atoms with Gasteiger partial charge in [0.05, 0.1) is 43.2 Å². The summed E-state index contributed by atoms with van der Waals surface area (Å²) in [5.74, 6) is 0. The van der Waals surface area contributed by atoms with Crippen molar-refractivity contribution >= 4 is 10.0 Å². The lowest BCUT2D eigenvalue weighted by Gasteiger charge is -2.31. The number of alkyl halides is 3. The molecule has 0 spiro atoms. The highest BCUT2D eigenvalue weighted by molar-refractivity contribution is 7.89. The van der Waals surface area contributed by atoms with Crippen molar-refractivity contribution in [2.75, 3.05) is 32.7 Å². The van der Waals surface area contributed by atoms with Crippen LogP contribution in [0, 0.1) is 0 Å². The maximum absolute atomic E-state index is 12.8. The molecule has 1 aliphatic heterocycles. The minimum Gasteiger partial charge on any atom is -0.329 e. The Labute approximate surface area is 140 Å². The second-order valence-electron chi connectivity index (χ2n) is 6.17. The molecule has 1 saturated heterocycles. The van der Waals surface area contributed by atoms with E-state index in [1.807, 2.05) is 13.8 Å². The van der Waals surface area contributed by atoms with Crippen LogP contribution in [0.5, 0.6) is 0 Å². The molecule has 2 rings (SSSR count). The summed E-state index contributed by atoms with van der Waals surface area (Å²) in [5.41, 5.74) is 0.262. The average molecular weight is 363 g/mol. The first kappa shape index (κ1) is 19.0. The number of hydrogen-bond acceptors (Lipinski definition) is 2. The molecular formula is C16H22F3N2O2S+. The van der Waals surface area contributed by atoms with Crippen molar-refractivity contribution in [1.82, 2.24) is 4.31 Å². The molecule has 1 aromatic carbocycles. The Hall–Kier alpha value is -1.38. The lowest BCUT2D eigenvalue weighted by molar-refractivity contribution is -0.897. The molecule has 4 nitrogen and oxygen atoms in total. The molecule has 1 aromatic rings. The molecule has 8 heteroatoms. The molecular weight excluding hydrogens is 341 g/mol. The molecule has 24 heavy (non-hydrogen) atoms. The molecule has 1 heterocycles. The number of hydrogen-bond donors (Lipinski definition) is 1. The first-order valence-corrected chi connectivity index (χ1v) is 9.19. The first-order valence-electron chi connectivity index (χ1n) is 7.75. The Morgan fingerprint density at radius 3 is 2.42 bits per heavy atom. The molecule has 1 aliphatic rings. The van der Waals surface area contributed by atoms with Gasteiger partial charge in [0.15, 0.2) is 0 Å². The lowest BCUT2D eigenvalue weighted by Crippen LogP contribution is -3.14. The van der Waals surface area contributed by atoms with Crippen LogP contribution >= 0.6 is 0 Å². The van der Waals surface area contributed by atoms with Crippen molar-refractivity contribution in [2.45, 2.75) is 24.9 Å². The summed E-state index contributed by atoms with van der Waals surface area (Å²) in [6.07, 6.45) is -2.45. The molecule has 0 atom stereocenters. The van der Waals surface area contributed by atoms with E-state index in [1.165, 1.54) is 20.8 Å². The normalized spacial score (nSPS) is 17.7. The van der Waals surface area contributed by atoms with Crippen LogP contribution < -0.4 is 4.90 Å². The van der Waals surface area contributed by atoms with Gasteiger partial charge in [0.25, 0.3) is 0 Å². The summed E-state index contributed by atoms with van der Waals surface area (Å²) in [6.45, 7) is 6.75. The Morgan fingerprint density at radius 2 is 1.88 bits per heavy atom. The van der Waals surface area contributed by atoms with Crippen LogP contribution in [0.3, 0.4) is 0 Å². The van der Waals surface area contributed by atoms with E-state index in [4.69, 9.17) is 0 Å². The van der Waals surface area contributed by atoms with Gasteiger partial charge in [-0.05, 0) is 38.1 Å². The maximum atomic E-state index is 12.8. The summed E-state index contributed by atoms with van der Waals surface area (Å²) >= 11 is 0. The molecule has 0 radical (unpaired) electrons. The molecule has 1 N–H and O–H groups in total. The zero-order valence-corrected chi connectivity index (χ0v) is 14.5. The van der Waals surface area contributed by atoms with Crippen molar-refractivity contribution in [3.63, 3.8) is 0 Å². The summed E-state index contributed by atoms with van der Waals surface area (Å²) in [5, 5.41) is 0. The Balaban J connectivity index is 2.11. The van der Waals surface area contributed by atoms with Crippen LogP contribution in [0.2, 0.25) is 0 Å². The van der Waals surface area contributed by atoms with E-state index in [9.17, 15) is 21.6 Å². The molecule has 134 valence electrons. The predicted molar refractivity (Wildman–Crippen MR) is 85.2 cm³/mol. The smallest absolute Gasteiger partial charge is 0.329 e. The van der Waals surface area contributed by atoms with Crippen molar-refractivity contribution in [3.8, 4) is 0 Å². The Bertz CT molecular complexity index is 702. The number of piperazine rings is 1. The summed E-state index contributed by atoms with van der Waals surface area (Å²) in [4.78, 5) is 0.969. The van der Waals surface area contributed by atoms with Gasteiger partial charge in [-0.3, -0.25) is 0 Å². The zero-order chi connectivity index (χ0) is 18.0. The van der Waals surface area contributed by atoms with E-state index in [0.717, 1.165) is 18.7 Å². The van der Waals surface area contributed by atoms with E-state index in [1.54, 1.807) is 0 Å². The van der Waals surface area contributed by atoms with E-state index in [2.05, 4.69) is 6.08 Å². The number of halogens is 3. The minimum atomic E-state index is -4.56. The molecule has 0 unspecified atom stereocenters. The van der Waals surface area contributed by atoms with E-state index < -0.39 is 21.8 Å². The van der Waals surface area contributed by atoms with Crippen LogP contribution in [0.25, 0.3) is 0 Å². The fourth-order valence-corrected chi connectivity index (χ4v) is 4.07. The van der Waals surface area contributed by atoms with Crippen molar-refractivity contribution < 1.29 is 26.5 Å². The molecule has 0 bridgehead atoms. The Morgan fingerprint density at radius 1 is 1.25 bits per heavy atom. The maximum Gasteiger partial charge on any atom is 0.416 e. The van der Waals surface area contributed by atoms with Crippen LogP contribution in [-0.4, -0.2) is 45.4 Å². The number of nitrogens with zero attached hydrogens (tertiary/aromatic N) is 1. The highest BCUT2D eigenvalue weighted by Crippen LogP contribution is 2.31. The van der Waals surface area contributed by atoms with Crippen molar-refractivity contribution in [1.29, 1.82) is 0 Å². The van der Waals surface area contributed by atoms with Crippen molar-refractivity contribution in [2.24, 2.45) is 0 Å². The molecule has 0 saturated carbocycles. The van der Waals surface area contributed by atoms with E-state index in [0.29, 0.717) is 32.2 Å². The van der Waals surface area contributed by atoms with E-state index in [-0.39, 0.29) is 4.90 Å². The van der Waals surface area contributed by atoms with Gasteiger partial charge in [0.1, 0.15) is 0 Å². The monoisotopic (exact) mass is 363 g/mol. The Kier molecular flexibility index (Phi) is 5.72. The van der Waals surface area contributed by atoms with Gasteiger partial charge in [-0.15, -0.1) is 0 Å². The van der Waals surface area contributed by atoms with Crippen LogP contribution in [0.1, 0.15) is 19.4 Å². The summed E-state index contributed by atoms with van der Waals surface area (Å²) in [6, 6.07) is 3.93. The number of quaternary nitrogens is 1. The first-order chi connectivity index (χ1) is 11.1. The molecule has 1 fully saturated rings. The number of nitrogens with one attached hydrogen (secondary N) is 1. The summed E-state index contributed by atoms with van der Waals surface area (Å²) in [7, 11) is -3.89. The number of allylic oxidation sites excluding steroid dienone is 1. The second kappa shape index (κ2) is 7.25. The van der Waals surface area contributed by atoms with Crippen molar-refractivity contribution in [3.05, 3.63) is 41.5 Å². The van der Waals surface area contributed by atoms with Gasteiger partial charge in [-0.25, -0.2) is 8.42 Å². The quantitative estimate of drug-likeness (QED) is 0.825. The van der Waals surface area contributed by atoms with Gasteiger partial charge in [0, 0.05) is 0 Å². The number of benzene rings is 1. The average Bonchev–Trinajstić information content (AvgIpc) is 2.52. The van der Waals surface area contributed by atoms with Gasteiger partial charge in [0.2, 0.25) is 10.0 Å². The largest absolute Gasteiger partial charge is 0.416 e. The van der Waals surface area contributed by atoms with Gasteiger partial charge < -0.3 is 4.90 Å². The highest BCUT2D eigenvalue weighted by atomic mass is 32.2. The standard InChI is InChI=1S/C16H21F3N2O2S/c1-13(2)6-7-20-8-10-21(11-9-20)24(22,23)15-5-3-4-14(12-15)16(17,18)19/h3-6,12H,7-11H2,1-2H3/p+1. The third-order valence-electron chi connectivity index (χ3n) is 4.03. The van der Waals surface area contributed by atoms with Crippen LogP contribution in [0.4, 0.5) is 13.2 Å². The zero-order valence-electron chi connectivity index (χ0n) is 13.7. The fourth-order valence-electron chi connectivity index (χ4n) is 2.58. The third kappa shape index (κ3) is 4.58. The SMILES string of the molecule is CC(C)=CC[NH+]1CCN(S(=O)(=O)c2cccc(C(F)(F)F)c2)CC1. The lowest BCUT2D eigenvalue weighted by atomic mass is 10.2. The predicted octanol–water partition coefficient (Wildman–Crippen LogP) is 1.56.